The van der Waals surface area contributed by atoms with Gasteiger partial charge < -0.3 is 19.9 Å². The van der Waals surface area contributed by atoms with Crippen LogP contribution in [0.4, 0.5) is 13.2 Å². The fourth-order valence-corrected chi connectivity index (χ4v) is 3.24. The topological polar surface area (TPSA) is 70.8 Å². The predicted molar refractivity (Wildman–Crippen MR) is 105 cm³/mol. The van der Waals surface area contributed by atoms with Crippen LogP contribution in [0.1, 0.15) is 31.7 Å². The summed E-state index contributed by atoms with van der Waals surface area (Å²) >= 11 is 0. The van der Waals surface area contributed by atoms with E-state index >= 15 is 0 Å². The Morgan fingerprint density at radius 2 is 1.90 bits per heavy atom. The van der Waals surface area contributed by atoms with Gasteiger partial charge in [-0.2, -0.15) is 13.2 Å². The Morgan fingerprint density at radius 1 is 1.21 bits per heavy atom. The third kappa shape index (κ3) is 9.33. The second kappa shape index (κ2) is 12.4. The first-order chi connectivity index (χ1) is 13.3. The van der Waals surface area contributed by atoms with Gasteiger partial charge in [-0.1, -0.05) is 30.3 Å². The van der Waals surface area contributed by atoms with E-state index in [4.69, 9.17) is 19.9 Å². The van der Waals surface area contributed by atoms with Crippen molar-refractivity contribution in [3.63, 3.8) is 0 Å². The van der Waals surface area contributed by atoms with Crippen molar-refractivity contribution in [3.05, 3.63) is 35.9 Å². The number of rotatable bonds is 7. The maximum atomic E-state index is 12.4. The zero-order valence-corrected chi connectivity index (χ0v) is 17.2. The molecule has 1 aliphatic rings. The van der Waals surface area contributed by atoms with Crippen LogP contribution in [0.5, 0.6) is 0 Å². The molecule has 0 saturated carbocycles. The van der Waals surface area contributed by atoms with Crippen molar-refractivity contribution in [2.75, 3.05) is 19.8 Å². The molecule has 0 unspecified atom stereocenters. The number of esters is 1. The first-order valence-corrected chi connectivity index (χ1v) is 9.52. The number of alkyl halides is 3. The zero-order chi connectivity index (χ0) is 20.6. The quantitative estimate of drug-likeness (QED) is 0.518. The molecule has 1 aliphatic heterocycles. The maximum absolute atomic E-state index is 12.4. The molecule has 9 heteroatoms. The Balaban J connectivity index is 0.00000420. The third-order valence-electron chi connectivity index (χ3n) is 4.72. The first kappa shape index (κ1) is 25.7. The smallest absolute Gasteiger partial charge is 0.389 e. The van der Waals surface area contributed by atoms with Gasteiger partial charge in [-0.15, -0.1) is 12.4 Å². The van der Waals surface area contributed by atoms with Crippen molar-refractivity contribution in [3.8, 4) is 0 Å². The van der Waals surface area contributed by atoms with Gasteiger partial charge in [0.15, 0.2) is 0 Å². The average Bonchev–Trinajstić information content (AvgIpc) is 2.68. The normalized spacial score (nSPS) is 25.9. The van der Waals surface area contributed by atoms with Gasteiger partial charge >= 0.3 is 12.1 Å². The minimum atomic E-state index is -4.22. The van der Waals surface area contributed by atoms with Crippen LogP contribution < -0.4 is 5.73 Å². The highest BCUT2D eigenvalue weighted by molar-refractivity contribution is 5.85. The van der Waals surface area contributed by atoms with Gasteiger partial charge in [-0.25, -0.2) is 0 Å². The summed E-state index contributed by atoms with van der Waals surface area (Å²) in [6.45, 7) is 1.94. The summed E-state index contributed by atoms with van der Waals surface area (Å²) in [6.07, 6.45) is -5.04. The third-order valence-corrected chi connectivity index (χ3v) is 4.72. The van der Waals surface area contributed by atoms with E-state index in [2.05, 4.69) is 0 Å². The minimum absolute atomic E-state index is 0. The molecule has 4 atom stereocenters. The van der Waals surface area contributed by atoms with Gasteiger partial charge in [0.1, 0.15) is 12.1 Å². The van der Waals surface area contributed by atoms with E-state index in [1.807, 2.05) is 30.3 Å². The van der Waals surface area contributed by atoms with Crippen LogP contribution in [0.25, 0.3) is 0 Å². The number of aryl methyl sites for hydroxylation is 1. The number of carbonyl (C=O) groups excluding carboxylic acids is 1. The number of ether oxygens (including phenoxy) is 3. The first-order valence-electron chi connectivity index (χ1n) is 9.52. The van der Waals surface area contributed by atoms with E-state index in [1.54, 1.807) is 6.92 Å². The number of hydrogen-bond donors (Lipinski definition) is 1. The molecule has 5 nitrogen and oxygen atoms in total. The molecule has 2 rings (SSSR count). The van der Waals surface area contributed by atoms with Gasteiger partial charge in [0, 0.05) is 18.9 Å². The van der Waals surface area contributed by atoms with Crippen molar-refractivity contribution in [2.45, 2.75) is 57.0 Å². The van der Waals surface area contributed by atoms with Gasteiger partial charge in [-0.3, -0.25) is 4.79 Å². The number of nitrogens with two attached hydrogens (primary N) is 1. The number of cyclic esters (lactones) is 1. The van der Waals surface area contributed by atoms with Crippen LogP contribution in [-0.4, -0.2) is 50.2 Å². The molecule has 1 saturated heterocycles. The van der Waals surface area contributed by atoms with Crippen molar-refractivity contribution in [1.29, 1.82) is 0 Å². The van der Waals surface area contributed by atoms with Crippen LogP contribution in [0.3, 0.4) is 0 Å². The highest BCUT2D eigenvalue weighted by Gasteiger charge is 2.34. The molecule has 2 N–H and O–H groups in total. The van der Waals surface area contributed by atoms with Crippen molar-refractivity contribution >= 4 is 18.4 Å². The van der Waals surface area contributed by atoms with Gasteiger partial charge in [0.2, 0.25) is 0 Å². The van der Waals surface area contributed by atoms with Crippen LogP contribution >= 0.6 is 12.4 Å². The van der Waals surface area contributed by atoms with Crippen LogP contribution in [0, 0.1) is 5.92 Å². The monoisotopic (exact) mass is 439 g/mol. The fraction of sp³-hybridized carbons (Fsp3) is 0.650. The second-order valence-corrected chi connectivity index (χ2v) is 7.12. The SMILES string of the molecule is C[C@@H]1OC(=O)[C@@H](N)COC[C@H](CCc2ccccc2)[C@H]1OCCCC(F)(F)F.Cl. The van der Waals surface area contributed by atoms with E-state index in [9.17, 15) is 18.0 Å². The van der Waals surface area contributed by atoms with E-state index in [-0.39, 0.29) is 38.0 Å². The molecule has 0 bridgehead atoms. The van der Waals surface area contributed by atoms with Crippen molar-refractivity contribution in [2.24, 2.45) is 11.7 Å². The lowest BCUT2D eigenvalue weighted by atomic mass is 9.92. The van der Waals surface area contributed by atoms with Crippen molar-refractivity contribution < 1.29 is 32.2 Å². The van der Waals surface area contributed by atoms with Crippen LogP contribution in [0.15, 0.2) is 30.3 Å². The second-order valence-electron chi connectivity index (χ2n) is 7.12. The largest absolute Gasteiger partial charge is 0.459 e. The Morgan fingerprint density at radius 3 is 2.55 bits per heavy atom. The molecule has 29 heavy (non-hydrogen) atoms. The molecular weight excluding hydrogens is 411 g/mol. The Kier molecular flexibility index (Phi) is 11.0. The lowest BCUT2D eigenvalue weighted by Gasteiger charge is -2.31. The standard InChI is InChI=1S/C20H28F3NO4.ClH/c1-14-18(27-11-5-10-20(21,22)23)16(9-8-15-6-3-2-4-7-15)12-26-13-17(24)19(25)28-14;/h2-4,6-7,14,16-18H,5,8-13,24H2,1H3;1H/t14-,16-,17-,18-;/m0./s1. The minimum Gasteiger partial charge on any atom is -0.459 e. The molecule has 1 fully saturated rings. The summed E-state index contributed by atoms with van der Waals surface area (Å²) in [7, 11) is 0. The fourth-order valence-electron chi connectivity index (χ4n) is 3.24. The number of halogens is 4. The number of benzene rings is 1. The highest BCUT2D eigenvalue weighted by Crippen LogP contribution is 2.25. The van der Waals surface area contributed by atoms with E-state index in [0.29, 0.717) is 13.0 Å². The lowest BCUT2D eigenvalue weighted by Crippen LogP contribution is -2.41. The number of carbonyl (C=O) groups is 1. The maximum Gasteiger partial charge on any atom is 0.389 e. The van der Waals surface area contributed by atoms with E-state index in [1.165, 1.54) is 0 Å². The summed E-state index contributed by atoms with van der Waals surface area (Å²) in [6, 6.07) is 8.96. The van der Waals surface area contributed by atoms with Gasteiger partial charge in [-0.05, 0) is 31.7 Å². The summed E-state index contributed by atoms with van der Waals surface area (Å²) in [5.74, 6) is -0.737. The highest BCUT2D eigenvalue weighted by atomic mass is 35.5. The Labute approximate surface area is 175 Å². The summed E-state index contributed by atoms with van der Waals surface area (Å²) in [4.78, 5) is 12.0. The summed E-state index contributed by atoms with van der Waals surface area (Å²) in [5.41, 5.74) is 6.88. The molecule has 0 spiro atoms. The van der Waals surface area contributed by atoms with Crippen LogP contribution in [0.2, 0.25) is 0 Å². The van der Waals surface area contributed by atoms with E-state index < -0.39 is 36.8 Å². The van der Waals surface area contributed by atoms with Crippen LogP contribution in [-0.2, 0) is 25.4 Å². The van der Waals surface area contributed by atoms with Gasteiger partial charge in [0.05, 0.1) is 19.3 Å². The molecule has 0 radical (unpaired) electrons. The molecule has 0 aliphatic carbocycles. The lowest BCUT2D eigenvalue weighted by molar-refractivity contribution is -0.161. The molecule has 1 aromatic carbocycles. The predicted octanol–water partition coefficient (Wildman–Crippen LogP) is 3.67. The number of hydrogen-bond acceptors (Lipinski definition) is 5. The summed E-state index contributed by atoms with van der Waals surface area (Å²) < 4.78 is 53.9. The Hall–Kier alpha value is -1.35. The van der Waals surface area contributed by atoms with E-state index in [0.717, 1.165) is 12.0 Å². The molecule has 1 aromatic rings. The average molecular weight is 440 g/mol. The Bertz CT molecular complexity index is 603. The molecule has 166 valence electrons. The van der Waals surface area contributed by atoms with Gasteiger partial charge in [0.25, 0.3) is 0 Å². The zero-order valence-electron chi connectivity index (χ0n) is 16.4. The molecule has 0 aromatic heterocycles. The molecular formula is C20H29ClF3NO4. The van der Waals surface area contributed by atoms with Crippen molar-refractivity contribution in [1.82, 2.24) is 0 Å². The summed E-state index contributed by atoms with van der Waals surface area (Å²) in [5, 5.41) is 0. The molecule has 1 heterocycles. The molecule has 0 amide bonds.